The van der Waals surface area contributed by atoms with E-state index in [0.29, 0.717) is 46.0 Å². The summed E-state index contributed by atoms with van der Waals surface area (Å²) in [5, 5.41) is 11.0. The zero-order valence-electron chi connectivity index (χ0n) is 14.4. The van der Waals surface area contributed by atoms with E-state index in [-0.39, 0.29) is 10.4 Å². The molecule has 0 aliphatic heterocycles. The van der Waals surface area contributed by atoms with E-state index >= 15 is 0 Å². The van der Waals surface area contributed by atoms with Crippen molar-refractivity contribution in [3.8, 4) is 0 Å². The number of aryl methyl sites for hydroxylation is 1. The number of aromatic nitrogens is 2. The Morgan fingerprint density at radius 2 is 2.00 bits per heavy atom. The Morgan fingerprint density at radius 3 is 2.61 bits per heavy atom. The molecule has 2 aromatic rings. The summed E-state index contributed by atoms with van der Waals surface area (Å²) in [4.78, 5) is 0. The monoisotopic (exact) mass is 514 g/mol. The number of thiocarbonyl (C=S) groups is 1. The lowest BCUT2D eigenvalue weighted by atomic mass is 10.2. The van der Waals surface area contributed by atoms with Gasteiger partial charge in [-0.2, -0.15) is 18.3 Å². The molecule has 1 aromatic heterocycles. The van der Waals surface area contributed by atoms with Crippen molar-refractivity contribution in [1.82, 2.24) is 15.1 Å². The summed E-state index contributed by atoms with van der Waals surface area (Å²) in [6.07, 6.45) is -2.14. The zero-order chi connectivity index (χ0) is 20.5. The molecular formula is C17H16BrCl2F3N4S. The van der Waals surface area contributed by atoms with Crippen LogP contribution in [0.15, 0.2) is 22.7 Å². The van der Waals surface area contributed by atoms with Crippen molar-refractivity contribution in [3.63, 3.8) is 0 Å². The molecule has 3 rings (SSSR count). The van der Waals surface area contributed by atoms with Gasteiger partial charge in [0.25, 0.3) is 0 Å². The van der Waals surface area contributed by atoms with Gasteiger partial charge in [-0.05, 0) is 65.6 Å². The van der Waals surface area contributed by atoms with Gasteiger partial charge in [-0.15, -0.1) is 0 Å². The SMILES string of the molecule is FC(F)(F)c1nn(CCCNC(=S)Nc2ccc(Cl)c(Cl)c2)c(C2CC2)c1Br. The van der Waals surface area contributed by atoms with Crippen LogP contribution in [0, 0.1) is 0 Å². The van der Waals surface area contributed by atoms with E-state index in [1.807, 2.05) is 0 Å². The summed E-state index contributed by atoms with van der Waals surface area (Å²) in [5.74, 6) is 0.142. The van der Waals surface area contributed by atoms with Crippen LogP contribution in [0.25, 0.3) is 0 Å². The molecule has 2 N–H and O–H groups in total. The summed E-state index contributed by atoms with van der Waals surface area (Å²) in [6.45, 7) is 0.846. The Hall–Kier alpha value is -1.03. The van der Waals surface area contributed by atoms with Gasteiger partial charge in [-0.25, -0.2) is 0 Å². The largest absolute Gasteiger partial charge is 0.436 e. The minimum Gasteiger partial charge on any atom is -0.362 e. The van der Waals surface area contributed by atoms with Crippen molar-refractivity contribution in [3.05, 3.63) is 44.1 Å². The number of anilines is 1. The molecule has 4 nitrogen and oxygen atoms in total. The molecule has 0 saturated heterocycles. The van der Waals surface area contributed by atoms with Crippen LogP contribution in [0.2, 0.25) is 10.0 Å². The quantitative estimate of drug-likeness (QED) is 0.353. The second-order valence-corrected chi connectivity index (χ2v) is 8.42. The maximum absolute atomic E-state index is 13.1. The number of hydrogen-bond acceptors (Lipinski definition) is 2. The molecule has 0 amide bonds. The van der Waals surface area contributed by atoms with Crippen molar-refractivity contribution in [2.45, 2.75) is 37.9 Å². The van der Waals surface area contributed by atoms with Gasteiger partial charge in [0.2, 0.25) is 0 Å². The third-order valence-electron chi connectivity index (χ3n) is 4.17. The molecule has 0 atom stereocenters. The lowest BCUT2D eigenvalue weighted by molar-refractivity contribution is -0.142. The van der Waals surface area contributed by atoms with E-state index in [9.17, 15) is 13.2 Å². The van der Waals surface area contributed by atoms with Gasteiger partial charge in [0.15, 0.2) is 10.8 Å². The second kappa shape index (κ2) is 8.77. The Bertz CT molecular complexity index is 884. The van der Waals surface area contributed by atoms with Gasteiger partial charge in [-0.3, -0.25) is 4.68 Å². The summed E-state index contributed by atoms with van der Waals surface area (Å²) in [6, 6.07) is 5.05. The van der Waals surface area contributed by atoms with Gasteiger partial charge in [0.1, 0.15) is 0 Å². The van der Waals surface area contributed by atoms with Crippen LogP contribution in [0.1, 0.15) is 36.6 Å². The fourth-order valence-corrected chi connectivity index (χ4v) is 4.08. The number of alkyl halides is 3. The average molecular weight is 516 g/mol. The summed E-state index contributed by atoms with van der Waals surface area (Å²) in [7, 11) is 0. The maximum Gasteiger partial charge on any atom is 0.436 e. The second-order valence-electron chi connectivity index (χ2n) is 6.41. The number of hydrogen-bond donors (Lipinski definition) is 2. The van der Waals surface area contributed by atoms with Crippen molar-refractivity contribution in [2.24, 2.45) is 0 Å². The predicted molar refractivity (Wildman–Crippen MR) is 112 cm³/mol. The molecule has 0 bridgehead atoms. The van der Waals surface area contributed by atoms with Gasteiger partial charge in [0.05, 0.1) is 20.2 Å². The fourth-order valence-electron chi connectivity index (χ4n) is 2.73. The van der Waals surface area contributed by atoms with Gasteiger partial charge in [0, 0.05) is 24.7 Å². The van der Waals surface area contributed by atoms with Crippen molar-refractivity contribution in [1.29, 1.82) is 0 Å². The van der Waals surface area contributed by atoms with Crippen molar-refractivity contribution in [2.75, 3.05) is 11.9 Å². The van der Waals surface area contributed by atoms with E-state index in [4.69, 9.17) is 35.4 Å². The molecule has 1 aliphatic carbocycles. The average Bonchev–Trinajstić information content (AvgIpc) is 3.37. The van der Waals surface area contributed by atoms with Crippen LogP contribution in [0.4, 0.5) is 18.9 Å². The van der Waals surface area contributed by atoms with Crippen molar-refractivity contribution >= 4 is 62.1 Å². The molecule has 0 spiro atoms. The molecule has 1 saturated carbocycles. The third-order valence-corrected chi connectivity index (χ3v) is 5.94. The highest BCUT2D eigenvalue weighted by atomic mass is 79.9. The van der Waals surface area contributed by atoms with Gasteiger partial charge in [-0.1, -0.05) is 23.2 Å². The first kappa shape index (κ1) is 21.7. The van der Waals surface area contributed by atoms with Crippen LogP contribution in [0.5, 0.6) is 0 Å². The highest BCUT2D eigenvalue weighted by Gasteiger charge is 2.41. The first-order valence-corrected chi connectivity index (χ1v) is 10.5. The minimum absolute atomic E-state index is 0.0623. The van der Waals surface area contributed by atoms with Crippen LogP contribution < -0.4 is 10.6 Å². The smallest absolute Gasteiger partial charge is 0.362 e. The number of benzene rings is 1. The highest BCUT2D eigenvalue weighted by molar-refractivity contribution is 9.10. The molecule has 1 heterocycles. The minimum atomic E-state index is -4.47. The Kier molecular flexibility index (Phi) is 6.79. The van der Waals surface area contributed by atoms with Crippen LogP contribution >= 0.6 is 51.3 Å². The van der Waals surface area contributed by atoms with E-state index in [1.165, 1.54) is 4.68 Å². The molecule has 1 fully saturated rings. The normalized spacial score (nSPS) is 14.2. The fraction of sp³-hybridized carbons (Fsp3) is 0.412. The lowest BCUT2D eigenvalue weighted by Crippen LogP contribution is -2.30. The van der Waals surface area contributed by atoms with E-state index in [1.54, 1.807) is 18.2 Å². The lowest BCUT2D eigenvalue weighted by Gasteiger charge is -2.12. The predicted octanol–water partition coefficient (Wildman–Crippen LogP) is 6.23. The number of halogens is 6. The van der Waals surface area contributed by atoms with E-state index in [2.05, 4.69) is 31.7 Å². The topological polar surface area (TPSA) is 41.9 Å². The van der Waals surface area contributed by atoms with Crippen LogP contribution in [-0.4, -0.2) is 21.4 Å². The Labute approximate surface area is 183 Å². The summed E-state index contributed by atoms with van der Waals surface area (Å²) in [5.41, 5.74) is 0.455. The van der Waals surface area contributed by atoms with Crippen LogP contribution in [0.3, 0.4) is 0 Å². The molecule has 0 unspecified atom stereocenters. The third kappa shape index (κ3) is 5.31. The molecule has 28 heavy (non-hydrogen) atoms. The van der Waals surface area contributed by atoms with Gasteiger partial charge < -0.3 is 10.6 Å². The first-order valence-electron chi connectivity index (χ1n) is 8.50. The van der Waals surface area contributed by atoms with E-state index in [0.717, 1.165) is 12.8 Å². The molecule has 0 radical (unpaired) electrons. The van der Waals surface area contributed by atoms with Gasteiger partial charge >= 0.3 is 6.18 Å². The highest BCUT2D eigenvalue weighted by Crippen LogP contribution is 2.47. The number of nitrogens with one attached hydrogen (secondary N) is 2. The number of nitrogens with zero attached hydrogens (tertiary/aromatic N) is 2. The summed E-state index contributed by atoms with van der Waals surface area (Å²) < 4.78 is 40.9. The first-order chi connectivity index (χ1) is 13.2. The zero-order valence-corrected chi connectivity index (χ0v) is 18.3. The van der Waals surface area contributed by atoms with Crippen LogP contribution in [-0.2, 0) is 12.7 Å². The summed E-state index contributed by atoms with van der Waals surface area (Å²) >= 11 is 20.1. The standard InChI is InChI=1S/C17H16BrCl2F3N4S/c18-13-14(9-2-3-9)27(26-15(13)17(21,22)23)7-1-6-24-16(28)25-10-4-5-11(19)12(20)8-10/h4-5,8-9H,1-3,6-7H2,(H2,24,25,28). The number of rotatable bonds is 6. The molecule has 1 aliphatic rings. The molecular weight excluding hydrogens is 500 g/mol. The molecule has 11 heteroatoms. The Morgan fingerprint density at radius 1 is 1.29 bits per heavy atom. The Balaban J connectivity index is 1.53. The van der Waals surface area contributed by atoms with Crippen molar-refractivity contribution < 1.29 is 13.2 Å². The molecule has 152 valence electrons. The maximum atomic E-state index is 13.1. The van der Waals surface area contributed by atoms with E-state index < -0.39 is 11.9 Å². The molecule has 1 aromatic carbocycles.